The molecule has 1 aliphatic rings. The maximum absolute atomic E-state index is 9.79. The van der Waals surface area contributed by atoms with Gasteiger partial charge in [0.1, 0.15) is 0 Å². The Kier molecular flexibility index (Phi) is 4.26. The van der Waals surface area contributed by atoms with Crippen molar-refractivity contribution in [2.24, 2.45) is 0 Å². The van der Waals surface area contributed by atoms with E-state index in [4.69, 9.17) is 4.74 Å². The van der Waals surface area contributed by atoms with Gasteiger partial charge < -0.3 is 5.48 Å². The quantitative estimate of drug-likeness (QED) is 0.452. The van der Waals surface area contributed by atoms with Crippen LogP contribution in [0.4, 0.5) is 0 Å². The van der Waals surface area contributed by atoms with Crippen LogP contribution in [0.25, 0.3) is 0 Å². The Bertz CT molecular complexity index is 673. The monoisotopic (exact) mass is 347 g/mol. The van der Waals surface area contributed by atoms with E-state index in [9.17, 15) is 20.4 Å². The molecule has 1 atom stereocenters. The summed E-state index contributed by atoms with van der Waals surface area (Å²) < 4.78 is 5.69. The van der Waals surface area contributed by atoms with Crippen LogP contribution in [0.5, 0.6) is 28.7 Å². The zero-order valence-corrected chi connectivity index (χ0v) is 13.4. The van der Waals surface area contributed by atoms with Gasteiger partial charge in [-0.2, -0.15) is 0 Å². The molecule has 0 spiro atoms. The fourth-order valence-corrected chi connectivity index (χ4v) is 5.58. The zero-order valence-electron chi connectivity index (χ0n) is 10.9. The van der Waals surface area contributed by atoms with Gasteiger partial charge in [-0.3, -0.25) is 0 Å². The molecule has 109 valence electrons. The van der Waals surface area contributed by atoms with E-state index in [1.54, 1.807) is 6.07 Å². The van der Waals surface area contributed by atoms with Gasteiger partial charge in [0.15, 0.2) is 0 Å². The van der Waals surface area contributed by atoms with E-state index >= 15 is 0 Å². The summed E-state index contributed by atoms with van der Waals surface area (Å²) in [6.07, 6.45) is 0. The molecule has 0 aromatic heterocycles. The van der Waals surface area contributed by atoms with Crippen LogP contribution < -0.4 is 4.74 Å². The number of benzene rings is 2. The third-order valence-corrected chi connectivity index (χ3v) is 6.63. The van der Waals surface area contributed by atoms with E-state index in [-0.39, 0.29) is 33.1 Å². The molecule has 1 aliphatic heterocycles. The first-order valence-electron chi connectivity index (χ1n) is 6.11. The second kappa shape index (κ2) is 5.80. The molecule has 21 heavy (non-hydrogen) atoms. The van der Waals surface area contributed by atoms with Gasteiger partial charge in [0.25, 0.3) is 0 Å². The number of hydrogen-bond donors (Lipinski definition) is 4. The number of phenols is 4. The van der Waals surface area contributed by atoms with Crippen molar-refractivity contribution in [2.75, 3.05) is 0 Å². The molecular formula is C14H14GaO6. The summed E-state index contributed by atoms with van der Waals surface area (Å²) in [5.41, 5.74) is 1.54. The number of aromatic hydroxyl groups is 4. The number of phenolic OH excluding ortho intramolecular Hbond substituents is 4. The Morgan fingerprint density at radius 2 is 1.71 bits per heavy atom. The number of hydrogen-bond acceptors (Lipinski definition) is 5. The predicted molar refractivity (Wildman–Crippen MR) is 76.0 cm³/mol. The van der Waals surface area contributed by atoms with E-state index in [1.165, 1.54) is 24.3 Å². The molecule has 7 heteroatoms. The molecule has 0 unspecified atom stereocenters. The molecule has 2 aromatic rings. The van der Waals surface area contributed by atoms with E-state index in [2.05, 4.69) is 0 Å². The normalized spacial score (nSPS) is 16.1. The predicted octanol–water partition coefficient (Wildman–Crippen LogP) is 0.980. The molecule has 3 rings (SSSR count). The summed E-state index contributed by atoms with van der Waals surface area (Å²) in [6, 6.07) is 7.43. The number of ether oxygens (including phenoxy) is 1. The van der Waals surface area contributed by atoms with Crippen LogP contribution in [0, 0.1) is 0 Å². The molecule has 2 aromatic carbocycles. The standard InChI is InChI=1S/C14H12O5.Ga.H2O/c1-8-12(17)5-10(15)6-14(8)19-7-9-2-3-11(16)13(18)4-9;;/h2-7,15-18H,1H2;;1H2. The van der Waals surface area contributed by atoms with Gasteiger partial charge in [-0.25, -0.2) is 0 Å². The Morgan fingerprint density at radius 3 is 2.43 bits per heavy atom. The minimum absolute atomic E-state index is 0. The van der Waals surface area contributed by atoms with Gasteiger partial charge in [-0.15, -0.1) is 0 Å². The fraction of sp³-hybridized carbons (Fsp3) is 0.143. The Labute approximate surface area is 128 Å². The molecule has 0 saturated carbocycles. The summed E-state index contributed by atoms with van der Waals surface area (Å²) in [5.74, 6) is 0.156. The Morgan fingerprint density at radius 1 is 0.952 bits per heavy atom. The zero-order chi connectivity index (χ0) is 14.3. The average molecular weight is 348 g/mol. The molecule has 6 nitrogen and oxygen atoms in total. The van der Waals surface area contributed by atoms with Crippen LogP contribution >= 0.6 is 0 Å². The van der Waals surface area contributed by atoms with Crippen molar-refractivity contribution in [1.82, 2.24) is 0 Å². The molecule has 6 N–H and O–H groups in total. The van der Waals surface area contributed by atoms with E-state index in [0.29, 0.717) is 5.75 Å². The summed E-state index contributed by atoms with van der Waals surface area (Å²) in [6.45, 7) is 0. The van der Waals surface area contributed by atoms with Gasteiger partial charge >= 0.3 is 122 Å². The number of fused-ring (bicyclic) bond motifs is 1. The van der Waals surface area contributed by atoms with Crippen LogP contribution in [0.2, 0.25) is 0 Å². The third kappa shape index (κ3) is 2.89. The first-order valence-corrected chi connectivity index (χ1v) is 9.22. The molecule has 0 bridgehead atoms. The van der Waals surface area contributed by atoms with E-state index in [0.717, 1.165) is 16.1 Å². The molecule has 1 radical (unpaired) electrons. The van der Waals surface area contributed by atoms with Gasteiger partial charge in [0.05, 0.1) is 0 Å². The van der Waals surface area contributed by atoms with Crippen molar-refractivity contribution in [3.8, 4) is 28.7 Å². The van der Waals surface area contributed by atoms with Crippen molar-refractivity contribution in [3.05, 3.63) is 41.5 Å². The molecule has 0 aliphatic carbocycles. The van der Waals surface area contributed by atoms with Crippen molar-refractivity contribution in [2.45, 2.75) is 9.63 Å². The van der Waals surface area contributed by atoms with Gasteiger partial charge in [-0.1, -0.05) is 0 Å². The third-order valence-electron chi connectivity index (χ3n) is 3.29. The minimum atomic E-state index is -0.870. The summed E-state index contributed by atoms with van der Waals surface area (Å²) >= 11 is -0.870. The second-order valence-electron chi connectivity index (χ2n) is 4.67. The molecular weight excluding hydrogens is 334 g/mol. The molecule has 0 fully saturated rings. The SMILES string of the molecule is O.Oc1cc(O)c2c(c1)O[C@H](c1ccc(O)c(O)c1)[Ga][CH2]2. The van der Waals surface area contributed by atoms with Crippen LogP contribution in [0.15, 0.2) is 30.3 Å². The van der Waals surface area contributed by atoms with Gasteiger partial charge in [0.2, 0.25) is 0 Å². The second-order valence-corrected chi connectivity index (χ2v) is 7.78. The molecule has 0 amide bonds. The fourth-order valence-electron chi connectivity index (χ4n) is 2.26. The van der Waals surface area contributed by atoms with Crippen LogP contribution in [0.1, 0.15) is 15.8 Å². The molecule has 0 saturated heterocycles. The summed E-state index contributed by atoms with van der Waals surface area (Å²) in [7, 11) is 0. The van der Waals surface area contributed by atoms with Gasteiger partial charge in [-0.05, 0) is 0 Å². The van der Waals surface area contributed by atoms with Gasteiger partial charge in [0, 0.05) is 0 Å². The topological polar surface area (TPSA) is 122 Å². The maximum atomic E-state index is 9.79. The van der Waals surface area contributed by atoms with Crippen LogP contribution in [-0.2, 0) is 4.98 Å². The van der Waals surface area contributed by atoms with Crippen molar-refractivity contribution in [1.29, 1.82) is 0 Å². The summed E-state index contributed by atoms with van der Waals surface area (Å²) in [5, 5.41) is 38.2. The van der Waals surface area contributed by atoms with Crippen LogP contribution in [0.3, 0.4) is 0 Å². The number of rotatable bonds is 1. The van der Waals surface area contributed by atoms with E-state index < -0.39 is 17.4 Å². The van der Waals surface area contributed by atoms with Crippen LogP contribution in [-0.4, -0.2) is 43.3 Å². The molecule has 1 heterocycles. The van der Waals surface area contributed by atoms with E-state index in [1.807, 2.05) is 0 Å². The first-order chi connectivity index (χ1) is 9.54. The van der Waals surface area contributed by atoms with Crippen molar-refractivity contribution >= 4 is 17.4 Å². The summed E-state index contributed by atoms with van der Waals surface area (Å²) in [4.78, 5) is 0.761. The Hall–Kier alpha value is -1.96. The average Bonchev–Trinajstić information content (AvgIpc) is 2.41. The first kappa shape index (κ1) is 15.4. The Balaban J connectivity index is 0.00000161. The van der Waals surface area contributed by atoms with Crippen molar-refractivity contribution < 1.29 is 30.6 Å². The van der Waals surface area contributed by atoms with Crippen molar-refractivity contribution in [3.63, 3.8) is 0 Å².